The van der Waals surface area contributed by atoms with Gasteiger partial charge < -0.3 is 0 Å². The molecule has 0 amide bonds. The number of hydrogen-bond acceptors (Lipinski definition) is 3. The topological polar surface area (TPSA) is 61.0 Å². The summed E-state index contributed by atoms with van der Waals surface area (Å²) in [7, 11) is 0. The van der Waals surface area contributed by atoms with E-state index in [1.807, 2.05) is 19.9 Å². The Morgan fingerprint density at radius 2 is 2.17 bits per heavy atom. The summed E-state index contributed by atoms with van der Waals surface area (Å²) in [6.45, 7) is 4.09. The van der Waals surface area contributed by atoms with E-state index in [4.69, 9.17) is 11.6 Å². The van der Waals surface area contributed by atoms with Crippen LogP contribution >= 0.6 is 11.6 Å². The van der Waals surface area contributed by atoms with Gasteiger partial charge in [-0.15, -0.1) is 0 Å². The number of hydrogen-bond donors (Lipinski definition) is 0. The van der Waals surface area contributed by atoms with Gasteiger partial charge in [-0.3, -0.25) is 14.8 Å². The molecule has 0 unspecified atom stereocenters. The zero-order valence-electron chi connectivity index (χ0n) is 10.1. The Morgan fingerprint density at radius 3 is 2.72 bits per heavy atom. The van der Waals surface area contributed by atoms with Crippen LogP contribution in [0.5, 0.6) is 0 Å². The third-order valence-electron chi connectivity index (χ3n) is 2.70. The molecule has 2 rings (SSSR count). The van der Waals surface area contributed by atoms with Crippen molar-refractivity contribution in [2.24, 2.45) is 0 Å². The molecule has 94 valence electrons. The van der Waals surface area contributed by atoms with Gasteiger partial charge in [-0.05, 0) is 26.0 Å². The minimum Gasteiger partial charge on any atom is -0.265 e. The summed E-state index contributed by atoms with van der Waals surface area (Å²) in [6.07, 6.45) is 0. The molecular formula is C12H12ClN3O2. The zero-order chi connectivity index (χ0) is 13.3. The van der Waals surface area contributed by atoms with Gasteiger partial charge in [0.2, 0.25) is 0 Å². The van der Waals surface area contributed by atoms with Gasteiger partial charge in [-0.1, -0.05) is 17.7 Å². The SMILES string of the molecule is Cc1cc(C)n(Cc2c(Cl)cccc2[N+](=O)[O-])n1. The summed E-state index contributed by atoms with van der Waals surface area (Å²) in [5, 5.41) is 15.6. The standard InChI is InChI=1S/C12H12ClN3O2/c1-8-6-9(2)15(14-8)7-10-11(13)4-3-5-12(10)16(17)18/h3-6H,7H2,1-2H3. The molecule has 0 aliphatic heterocycles. The number of nitro benzene ring substituents is 1. The monoisotopic (exact) mass is 265 g/mol. The molecule has 0 saturated carbocycles. The first kappa shape index (κ1) is 12.6. The number of nitro groups is 1. The van der Waals surface area contributed by atoms with Gasteiger partial charge in [0.25, 0.3) is 5.69 Å². The average Bonchev–Trinajstić information content (AvgIpc) is 2.60. The van der Waals surface area contributed by atoms with Crippen molar-refractivity contribution >= 4 is 17.3 Å². The molecule has 0 spiro atoms. The van der Waals surface area contributed by atoms with E-state index < -0.39 is 4.92 Å². The van der Waals surface area contributed by atoms with Crippen LogP contribution in [0.3, 0.4) is 0 Å². The van der Waals surface area contributed by atoms with E-state index in [-0.39, 0.29) is 5.69 Å². The highest BCUT2D eigenvalue weighted by Gasteiger charge is 2.17. The molecule has 1 aromatic heterocycles. The Balaban J connectivity index is 2.45. The van der Waals surface area contributed by atoms with Crippen LogP contribution in [0.1, 0.15) is 17.0 Å². The van der Waals surface area contributed by atoms with E-state index in [0.717, 1.165) is 11.4 Å². The fraction of sp³-hybridized carbons (Fsp3) is 0.250. The van der Waals surface area contributed by atoms with Gasteiger partial charge >= 0.3 is 0 Å². The molecule has 0 aliphatic carbocycles. The van der Waals surface area contributed by atoms with E-state index in [2.05, 4.69) is 5.10 Å². The summed E-state index contributed by atoms with van der Waals surface area (Å²) in [4.78, 5) is 10.5. The summed E-state index contributed by atoms with van der Waals surface area (Å²) < 4.78 is 1.71. The lowest BCUT2D eigenvalue weighted by atomic mass is 10.2. The zero-order valence-corrected chi connectivity index (χ0v) is 10.8. The lowest BCUT2D eigenvalue weighted by Gasteiger charge is -2.07. The second-order valence-electron chi connectivity index (χ2n) is 4.08. The molecule has 6 heteroatoms. The first-order valence-electron chi connectivity index (χ1n) is 5.42. The summed E-state index contributed by atoms with van der Waals surface area (Å²) in [5.41, 5.74) is 2.33. The molecule has 0 radical (unpaired) electrons. The van der Waals surface area contributed by atoms with Crippen molar-refractivity contribution in [3.8, 4) is 0 Å². The van der Waals surface area contributed by atoms with Crippen molar-refractivity contribution in [3.05, 3.63) is 56.4 Å². The Kier molecular flexibility index (Phi) is 3.34. The van der Waals surface area contributed by atoms with Crippen molar-refractivity contribution < 1.29 is 4.92 Å². The molecule has 0 aliphatic rings. The Labute approximate surface area is 109 Å². The van der Waals surface area contributed by atoms with E-state index >= 15 is 0 Å². The highest BCUT2D eigenvalue weighted by atomic mass is 35.5. The lowest BCUT2D eigenvalue weighted by Crippen LogP contribution is -2.07. The number of aromatic nitrogens is 2. The first-order chi connectivity index (χ1) is 8.49. The molecule has 0 saturated heterocycles. The van der Waals surface area contributed by atoms with Crippen molar-refractivity contribution in [2.75, 3.05) is 0 Å². The van der Waals surface area contributed by atoms with Crippen LogP contribution < -0.4 is 0 Å². The number of rotatable bonds is 3. The smallest absolute Gasteiger partial charge is 0.265 e. The lowest BCUT2D eigenvalue weighted by molar-refractivity contribution is -0.385. The fourth-order valence-electron chi connectivity index (χ4n) is 1.86. The summed E-state index contributed by atoms with van der Waals surface area (Å²) >= 11 is 6.04. The first-order valence-corrected chi connectivity index (χ1v) is 5.79. The number of nitrogens with zero attached hydrogens (tertiary/aromatic N) is 3. The van der Waals surface area contributed by atoms with Crippen LogP contribution in [-0.2, 0) is 6.54 Å². The molecule has 5 nitrogen and oxygen atoms in total. The van der Waals surface area contributed by atoms with Crippen molar-refractivity contribution in [1.82, 2.24) is 9.78 Å². The minimum atomic E-state index is -0.424. The predicted octanol–water partition coefficient (Wildman–Crippen LogP) is 3.11. The van der Waals surface area contributed by atoms with Gasteiger partial charge in [0.1, 0.15) is 0 Å². The number of benzene rings is 1. The van der Waals surface area contributed by atoms with E-state index in [9.17, 15) is 10.1 Å². The van der Waals surface area contributed by atoms with Crippen LogP contribution in [0.2, 0.25) is 5.02 Å². The van der Waals surface area contributed by atoms with Crippen LogP contribution in [0.25, 0.3) is 0 Å². The van der Waals surface area contributed by atoms with Crippen LogP contribution in [0, 0.1) is 24.0 Å². The molecule has 2 aromatic rings. The van der Waals surface area contributed by atoms with Crippen LogP contribution in [0.4, 0.5) is 5.69 Å². The van der Waals surface area contributed by atoms with Gasteiger partial charge in [0, 0.05) is 11.8 Å². The maximum atomic E-state index is 11.0. The Hall–Kier alpha value is -1.88. The predicted molar refractivity (Wildman–Crippen MR) is 68.9 cm³/mol. The minimum absolute atomic E-state index is 0.0232. The van der Waals surface area contributed by atoms with E-state index in [1.54, 1.807) is 16.8 Å². The molecule has 18 heavy (non-hydrogen) atoms. The molecule has 0 atom stereocenters. The molecule has 1 aromatic carbocycles. The van der Waals surface area contributed by atoms with Crippen molar-refractivity contribution in [3.63, 3.8) is 0 Å². The maximum Gasteiger partial charge on any atom is 0.275 e. The third-order valence-corrected chi connectivity index (χ3v) is 3.06. The average molecular weight is 266 g/mol. The second-order valence-corrected chi connectivity index (χ2v) is 4.49. The third kappa shape index (κ3) is 2.36. The Morgan fingerprint density at radius 1 is 1.44 bits per heavy atom. The molecule has 1 heterocycles. The number of aryl methyl sites for hydroxylation is 2. The second kappa shape index (κ2) is 4.78. The van der Waals surface area contributed by atoms with Crippen LogP contribution in [-0.4, -0.2) is 14.7 Å². The van der Waals surface area contributed by atoms with Crippen molar-refractivity contribution in [1.29, 1.82) is 0 Å². The largest absolute Gasteiger partial charge is 0.275 e. The molecule has 0 fully saturated rings. The van der Waals surface area contributed by atoms with E-state index in [0.29, 0.717) is 17.1 Å². The van der Waals surface area contributed by atoms with Crippen molar-refractivity contribution in [2.45, 2.75) is 20.4 Å². The quantitative estimate of drug-likeness (QED) is 0.633. The highest BCUT2D eigenvalue weighted by Crippen LogP contribution is 2.27. The molecule has 0 N–H and O–H groups in total. The fourth-order valence-corrected chi connectivity index (χ4v) is 2.09. The Bertz CT molecular complexity index is 607. The highest BCUT2D eigenvalue weighted by molar-refractivity contribution is 6.31. The number of halogens is 1. The maximum absolute atomic E-state index is 11.0. The van der Waals surface area contributed by atoms with Crippen LogP contribution in [0.15, 0.2) is 24.3 Å². The molecular weight excluding hydrogens is 254 g/mol. The normalized spacial score (nSPS) is 10.6. The van der Waals surface area contributed by atoms with Gasteiger partial charge in [-0.2, -0.15) is 5.10 Å². The van der Waals surface area contributed by atoms with Gasteiger partial charge in [-0.25, -0.2) is 0 Å². The molecule has 0 bridgehead atoms. The van der Waals surface area contributed by atoms with E-state index in [1.165, 1.54) is 6.07 Å². The van der Waals surface area contributed by atoms with Gasteiger partial charge in [0.15, 0.2) is 0 Å². The van der Waals surface area contributed by atoms with Gasteiger partial charge in [0.05, 0.1) is 27.7 Å². The summed E-state index contributed by atoms with van der Waals surface area (Å²) in [6, 6.07) is 6.59. The summed E-state index contributed by atoms with van der Waals surface area (Å²) in [5.74, 6) is 0.